The van der Waals surface area contributed by atoms with Crippen LogP contribution in [0.1, 0.15) is 57.1 Å². The van der Waals surface area contributed by atoms with Gasteiger partial charge in [-0.15, -0.1) is 0 Å². The van der Waals surface area contributed by atoms with Crippen molar-refractivity contribution in [1.82, 2.24) is 15.2 Å². The minimum atomic E-state index is -0.519. The molecule has 2 N–H and O–H groups in total. The van der Waals surface area contributed by atoms with Crippen LogP contribution in [0.3, 0.4) is 0 Å². The number of carbonyl (C=O) groups is 1. The Labute approximate surface area is 276 Å². The molecule has 3 unspecified atom stereocenters. The number of hydrogen-bond acceptors (Lipinski definition) is 6. The number of aromatic nitrogens is 1. The largest absolute Gasteiger partial charge is 0.392 e. The number of ether oxygens (including phenoxy) is 2. The summed E-state index contributed by atoms with van der Waals surface area (Å²) in [6, 6.07) is 39.8. The van der Waals surface area contributed by atoms with Crippen LogP contribution in [-0.4, -0.2) is 47.1 Å². The van der Waals surface area contributed by atoms with E-state index >= 15 is 0 Å². The van der Waals surface area contributed by atoms with Gasteiger partial charge in [0.05, 0.1) is 18.8 Å². The van der Waals surface area contributed by atoms with Crippen molar-refractivity contribution in [3.8, 4) is 11.1 Å². The molecule has 0 aliphatic carbocycles. The average molecular weight is 628 g/mol. The zero-order valence-electron chi connectivity index (χ0n) is 26.7. The van der Waals surface area contributed by atoms with Gasteiger partial charge in [0.25, 0.3) is 5.91 Å². The fraction of sp³-hybridized carbons (Fsp3) is 0.250. The number of pyridine rings is 1. The molecule has 1 aliphatic heterocycles. The summed E-state index contributed by atoms with van der Waals surface area (Å²) in [7, 11) is 2.12. The maximum atomic E-state index is 12.5. The fourth-order valence-corrected chi connectivity index (χ4v) is 5.89. The summed E-state index contributed by atoms with van der Waals surface area (Å²) >= 11 is 0. The maximum absolute atomic E-state index is 12.5. The second kappa shape index (κ2) is 15.8. The highest BCUT2D eigenvalue weighted by atomic mass is 16.7. The molecule has 7 nitrogen and oxygen atoms in total. The zero-order chi connectivity index (χ0) is 32.4. The number of rotatable bonds is 12. The summed E-state index contributed by atoms with van der Waals surface area (Å²) in [6.45, 7) is 2.10. The number of hydrogen-bond donors (Lipinski definition) is 2. The van der Waals surface area contributed by atoms with Crippen molar-refractivity contribution in [2.24, 2.45) is 0 Å². The Hall–Kier alpha value is -4.66. The second-order valence-electron chi connectivity index (χ2n) is 12.1. The average Bonchev–Trinajstić information content (AvgIpc) is 3.14. The van der Waals surface area contributed by atoms with Crippen molar-refractivity contribution in [1.29, 1.82) is 0 Å². The summed E-state index contributed by atoms with van der Waals surface area (Å²) in [5, 5.41) is 12.6. The quantitative estimate of drug-likeness (QED) is 0.157. The lowest BCUT2D eigenvalue weighted by Gasteiger charge is -2.38. The molecule has 0 radical (unpaired) electrons. The predicted molar refractivity (Wildman–Crippen MR) is 183 cm³/mol. The second-order valence-corrected chi connectivity index (χ2v) is 12.1. The Bertz CT molecular complexity index is 1710. The van der Waals surface area contributed by atoms with E-state index in [-0.39, 0.29) is 24.7 Å². The van der Waals surface area contributed by atoms with Crippen LogP contribution in [0.4, 0.5) is 0 Å². The van der Waals surface area contributed by atoms with Crippen molar-refractivity contribution >= 4 is 5.91 Å². The van der Waals surface area contributed by atoms with Crippen LogP contribution in [0.25, 0.3) is 11.1 Å². The van der Waals surface area contributed by atoms with E-state index in [0.717, 1.165) is 65.0 Å². The van der Waals surface area contributed by atoms with Gasteiger partial charge in [-0.2, -0.15) is 0 Å². The summed E-state index contributed by atoms with van der Waals surface area (Å²) in [4.78, 5) is 19.3. The van der Waals surface area contributed by atoms with Crippen molar-refractivity contribution in [2.45, 2.75) is 44.5 Å². The van der Waals surface area contributed by atoms with Gasteiger partial charge < -0.3 is 24.8 Å². The zero-order valence-corrected chi connectivity index (χ0v) is 26.7. The Morgan fingerprint density at radius 3 is 2.34 bits per heavy atom. The summed E-state index contributed by atoms with van der Waals surface area (Å²) in [5.74, 6) is -0.0896. The van der Waals surface area contributed by atoms with Crippen molar-refractivity contribution in [3.63, 3.8) is 0 Å². The van der Waals surface area contributed by atoms with Crippen molar-refractivity contribution in [3.05, 3.63) is 161 Å². The Morgan fingerprint density at radius 2 is 1.60 bits per heavy atom. The summed E-state index contributed by atoms with van der Waals surface area (Å²) in [5.41, 5.74) is 7.80. The van der Waals surface area contributed by atoms with Crippen LogP contribution >= 0.6 is 0 Å². The van der Waals surface area contributed by atoms with E-state index in [0.29, 0.717) is 12.1 Å². The molecule has 2 heterocycles. The molecule has 4 aromatic carbocycles. The lowest BCUT2D eigenvalue weighted by atomic mass is 9.99. The summed E-state index contributed by atoms with van der Waals surface area (Å²) in [6.07, 6.45) is 2.75. The number of nitrogens with zero attached hydrogens (tertiary/aromatic N) is 2. The van der Waals surface area contributed by atoms with Gasteiger partial charge in [0.2, 0.25) is 0 Å². The topological polar surface area (TPSA) is 83.9 Å². The Kier molecular flexibility index (Phi) is 10.8. The molecule has 0 saturated carbocycles. The first-order chi connectivity index (χ1) is 23.0. The van der Waals surface area contributed by atoms with Crippen LogP contribution in [0.5, 0.6) is 0 Å². The molecule has 5 aromatic rings. The van der Waals surface area contributed by atoms with Crippen LogP contribution < -0.4 is 5.32 Å². The van der Waals surface area contributed by atoms with Crippen LogP contribution in [0.15, 0.2) is 128 Å². The highest BCUT2D eigenvalue weighted by Gasteiger charge is 2.32. The SMILES string of the molecule is CN(CCc1ccccn1)CC1CC(c2ccc(CO)cc2)OC(c2ccc(-c3cccc(CNC(=O)c4ccccc4)c3)cc2)O1. The lowest BCUT2D eigenvalue weighted by molar-refractivity contribution is -0.252. The number of benzene rings is 4. The van der Waals surface area contributed by atoms with Gasteiger partial charge in [0.1, 0.15) is 0 Å². The normalized spacial score (nSPS) is 17.8. The van der Waals surface area contributed by atoms with E-state index in [2.05, 4.69) is 64.7 Å². The molecule has 1 amide bonds. The monoisotopic (exact) mass is 627 g/mol. The van der Waals surface area contributed by atoms with Crippen LogP contribution in [-0.2, 0) is 29.0 Å². The molecular formula is C40H41N3O4. The number of aliphatic hydroxyl groups is 1. The molecule has 47 heavy (non-hydrogen) atoms. The van der Waals surface area contributed by atoms with E-state index in [1.54, 1.807) is 0 Å². The molecule has 1 saturated heterocycles. The Morgan fingerprint density at radius 1 is 0.830 bits per heavy atom. The Balaban J connectivity index is 1.14. The maximum Gasteiger partial charge on any atom is 0.251 e. The number of likely N-dealkylation sites (N-methyl/N-ethyl adjacent to an activating group) is 1. The number of nitrogens with one attached hydrogen (secondary N) is 1. The lowest BCUT2D eigenvalue weighted by Crippen LogP contribution is -2.38. The molecule has 1 aromatic heterocycles. The first kappa shape index (κ1) is 32.3. The van der Waals surface area contributed by atoms with Gasteiger partial charge in [-0.05, 0) is 65.2 Å². The summed E-state index contributed by atoms with van der Waals surface area (Å²) < 4.78 is 13.2. The molecule has 240 valence electrons. The molecule has 0 bridgehead atoms. The highest BCUT2D eigenvalue weighted by molar-refractivity contribution is 5.94. The van der Waals surface area contributed by atoms with Gasteiger partial charge in [0, 0.05) is 55.5 Å². The van der Waals surface area contributed by atoms with Gasteiger partial charge in [0.15, 0.2) is 6.29 Å². The third kappa shape index (κ3) is 8.78. The molecule has 1 aliphatic rings. The van der Waals surface area contributed by atoms with Crippen molar-refractivity contribution < 1.29 is 19.4 Å². The highest BCUT2D eigenvalue weighted by Crippen LogP contribution is 2.38. The predicted octanol–water partition coefficient (Wildman–Crippen LogP) is 6.89. The third-order valence-electron chi connectivity index (χ3n) is 8.54. The van der Waals surface area contributed by atoms with Gasteiger partial charge in [-0.3, -0.25) is 9.78 Å². The molecule has 1 fully saturated rings. The third-order valence-corrected chi connectivity index (χ3v) is 8.54. The minimum Gasteiger partial charge on any atom is -0.392 e. The smallest absolute Gasteiger partial charge is 0.251 e. The van der Waals surface area contributed by atoms with E-state index in [4.69, 9.17) is 9.47 Å². The van der Waals surface area contributed by atoms with E-state index in [9.17, 15) is 9.90 Å². The van der Waals surface area contributed by atoms with Gasteiger partial charge in [-0.25, -0.2) is 0 Å². The van der Waals surface area contributed by atoms with Crippen LogP contribution in [0.2, 0.25) is 0 Å². The molecular weight excluding hydrogens is 586 g/mol. The van der Waals surface area contributed by atoms with Crippen LogP contribution in [0, 0.1) is 0 Å². The van der Waals surface area contributed by atoms with E-state index in [1.807, 2.05) is 85.1 Å². The van der Waals surface area contributed by atoms with Gasteiger partial charge >= 0.3 is 0 Å². The first-order valence-corrected chi connectivity index (χ1v) is 16.2. The number of amides is 1. The molecule has 3 atom stereocenters. The first-order valence-electron chi connectivity index (χ1n) is 16.2. The van der Waals surface area contributed by atoms with E-state index < -0.39 is 6.29 Å². The standard InChI is InChI=1S/C40H41N3O4/c1-43(23-21-36-12-5-6-22-41-36)27-37-25-38(32-15-13-29(28-44)14-16-32)47-40(46-37)34-19-17-31(18-20-34)35-11-7-8-30(24-35)26-42-39(45)33-9-3-2-4-10-33/h2-20,22,24,37-38,40,44H,21,23,25-28H2,1H3,(H,42,45). The number of carbonyl (C=O) groups excluding carboxylic acids is 1. The molecule has 6 rings (SSSR count). The fourth-order valence-electron chi connectivity index (χ4n) is 5.89. The van der Waals surface area contributed by atoms with E-state index in [1.165, 1.54) is 0 Å². The van der Waals surface area contributed by atoms with Crippen molar-refractivity contribution in [2.75, 3.05) is 20.1 Å². The molecule has 7 heteroatoms. The minimum absolute atomic E-state index is 0.0127. The molecule has 0 spiro atoms. The number of aliphatic hydroxyl groups excluding tert-OH is 1. The van der Waals surface area contributed by atoms with Gasteiger partial charge in [-0.1, -0.05) is 91.0 Å².